The van der Waals surface area contributed by atoms with Crippen LogP contribution >= 0.6 is 11.3 Å². The number of nitrogens with one attached hydrogen (secondary N) is 1. The van der Waals surface area contributed by atoms with Gasteiger partial charge in [0.1, 0.15) is 0 Å². The van der Waals surface area contributed by atoms with Gasteiger partial charge >= 0.3 is 12.0 Å². The van der Waals surface area contributed by atoms with Gasteiger partial charge in [-0.3, -0.25) is 4.90 Å². The third-order valence-electron chi connectivity index (χ3n) is 4.29. The summed E-state index contributed by atoms with van der Waals surface area (Å²) in [5.74, 6) is -0.421. The Morgan fingerprint density at radius 2 is 1.96 bits per heavy atom. The maximum absolute atomic E-state index is 12.4. The van der Waals surface area contributed by atoms with Crippen molar-refractivity contribution < 1.29 is 14.3 Å². The first kappa shape index (κ1) is 17.2. The van der Waals surface area contributed by atoms with E-state index in [2.05, 4.69) is 5.32 Å². The van der Waals surface area contributed by atoms with Gasteiger partial charge in [-0.2, -0.15) is 0 Å². The van der Waals surface area contributed by atoms with Crippen molar-refractivity contribution in [3.8, 4) is 10.4 Å². The van der Waals surface area contributed by atoms with E-state index in [1.165, 1.54) is 7.11 Å². The van der Waals surface area contributed by atoms with E-state index in [-0.39, 0.29) is 6.03 Å². The normalized spacial score (nSPS) is 17.5. The molecule has 0 aliphatic carbocycles. The third-order valence-corrected chi connectivity index (χ3v) is 5.49. The number of methoxy groups -OCH3 is 1. The molecule has 0 radical (unpaired) electrons. The Morgan fingerprint density at radius 1 is 1.24 bits per heavy atom. The molecule has 2 amide bonds. The highest BCUT2D eigenvalue weighted by Crippen LogP contribution is 2.37. The molecule has 0 fully saturated rings. The van der Waals surface area contributed by atoms with Crippen molar-refractivity contribution in [2.24, 2.45) is 0 Å². The smallest absolute Gasteiger partial charge is 0.338 e. The first-order valence-electron chi connectivity index (χ1n) is 8.09. The molecule has 6 heteroatoms. The summed E-state index contributed by atoms with van der Waals surface area (Å²) in [6.45, 7) is 4.15. The Morgan fingerprint density at radius 3 is 2.60 bits per heavy atom. The van der Waals surface area contributed by atoms with Crippen LogP contribution in [0.15, 0.2) is 53.7 Å². The molecule has 2 aromatic rings. The molecule has 1 aliphatic heterocycles. The van der Waals surface area contributed by atoms with Crippen LogP contribution in [0, 0.1) is 0 Å². The highest BCUT2D eigenvalue weighted by atomic mass is 32.1. The Labute approximate surface area is 150 Å². The Hall–Kier alpha value is -2.60. The second kappa shape index (κ2) is 7.11. The number of allylic oxidation sites excluding steroid dienone is 1. The molecule has 1 N–H and O–H groups in total. The summed E-state index contributed by atoms with van der Waals surface area (Å²) in [5, 5.41) is 2.93. The molecule has 0 spiro atoms. The molecule has 0 saturated heterocycles. The third kappa shape index (κ3) is 3.17. The molecule has 2 heterocycles. The van der Waals surface area contributed by atoms with E-state index in [4.69, 9.17) is 4.74 Å². The van der Waals surface area contributed by atoms with Gasteiger partial charge in [0.15, 0.2) is 0 Å². The van der Waals surface area contributed by atoms with E-state index in [1.54, 1.807) is 23.2 Å². The highest BCUT2D eigenvalue weighted by molar-refractivity contribution is 7.15. The quantitative estimate of drug-likeness (QED) is 0.844. The number of rotatable bonds is 4. The van der Waals surface area contributed by atoms with Crippen LogP contribution < -0.4 is 5.32 Å². The van der Waals surface area contributed by atoms with Gasteiger partial charge in [-0.15, -0.1) is 11.3 Å². The van der Waals surface area contributed by atoms with E-state index in [0.29, 0.717) is 17.8 Å². The summed E-state index contributed by atoms with van der Waals surface area (Å²) in [6, 6.07) is 13.3. The lowest BCUT2D eigenvalue weighted by Gasteiger charge is -2.34. The van der Waals surface area contributed by atoms with Gasteiger partial charge in [-0.05, 0) is 31.5 Å². The summed E-state index contributed by atoms with van der Waals surface area (Å²) >= 11 is 1.56. The molecule has 130 valence electrons. The van der Waals surface area contributed by atoms with Gasteiger partial charge in [0.05, 0.1) is 18.7 Å². The van der Waals surface area contributed by atoms with Gasteiger partial charge in [0, 0.05) is 22.0 Å². The zero-order valence-corrected chi connectivity index (χ0v) is 15.2. The summed E-state index contributed by atoms with van der Waals surface area (Å²) in [7, 11) is 1.36. The largest absolute Gasteiger partial charge is 0.466 e. The van der Waals surface area contributed by atoms with Crippen LogP contribution in [0.25, 0.3) is 10.4 Å². The van der Waals surface area contributed by atoms with Gasteiger partial charge in [-0.1, -0.05) is 30.3 Å². The molecule has 0 bridgehead atoms. The number of benzene rings is 1. The van der Waals surface area contributed by atoms with Crippen LogP contribution in [0.2, 0.25) is 0 Å². The number of nitrogens with zero attached hydrogens (tertiary/aromatic N) is 1. The predicted molar refractivity (Wildman–Crippen MR) is 98.1 cm³/mol. The molecule has 25 heavy (non-hydrogen) atoms. The minimum atomic E-state index is -0.495. The lowest BCUT2D eigenvalue weighted by Crippen LogP contribution is -2.47. The maximum atomic E-state index is 12.4. The average molecular weight is 356 g/mol. The number of hydrogen-bond acceptors (Lipinski definition) is 4. The molecule has 1 aromatic heterocycles. The van der Waals surface area contributed by atoms with Crippen LogP contribution in [0.3, 0.4) is 0 Å². The lowest BCUT2D eigenvalue weighted by molar-refractivity contribution is -0.136. The van der Waals surface area contributed by atoms with Gasteiger partial charge in [-0.25, -0.2) is 9.59 Å². The van der Waals surface area contributed by atoms with Crippen molar-refractivity contribution in [1.29, 1.82) is 0 Å². The summed E-state index contributed by atoms with van der Waals surface area (Å²) in [4.78, 5) is 28.3. The summed E-state index contributed by atoms with van der Waals surface area (Å²) in [6.07, 6.45) is 0. The standard InChI is InChI=1S/C19H20N2O3S/c1-4-21-12(2)16(18(22)24-3)17(20-19(21)23)15-11-10-14(25-15)13-8-6-5-7-9-13/h5-11,17H,4H2,1-3H3,(H,20,23)/t17-/m1/s1. The molecular weight excluding hydrogens is 336 g/mol. The molecule has 1 aromatic carbocycles. The number of ether oxygens (including phenoxy) is 1. The van der Waals surface area contributed by atoms with Crippen molar-refractivity contribution in [3.05, 3.63) is 58.6 Å². The Bertz CT molecular complexity index is 826. The topological polar surface area (TPSA) is 58.6 Å². The number of hydrogen-bond donors (Lipinski definition) is 1. The molecule has 3 rings (SSSR count). The van der Waals surface area contributed by atoms with E-state index in [9.17, 15) is 9.59 Å². The zero-order chi connectivity index (χ0) is 18.0. The first-order chi connectivity index (χ1) is 12.1. The van der Waals surface area contributed by atoms with Crippen molar-refractivity contribution in [2.75, 3.05) is 13.7 Å². The van der Waals surface area contributed by atoms with Crippen molar-refractivity contribution >= 4 is 23.3 Å². The van der Waals surface area contributed by atoms with Crippen LogP contribution in [0.4, 0.5) is 4.79 Å². The number of carbonyl (C=O) groups excluding carboxylic acids is 2. The second-order valence-corrected chi connectivity index (χ2v) is 6.80. The predicted octanol–water partition coefficient (Wildman–Crippen LogP) is 3.95. The monoisotopic (exact) mass is 356 g/mol. The Kier molecular flexibility index (Phi) is 4.90. The van der Waals surface area contributed by atoms with E-state index >= 15 is 0 Å². The lowest BCUT2D eigenvalue weighted by atomic mass is 10.0. The summed E-state index contributed by atoms with van der Waals surface area (Å²) in [5.41, 5.74) is 2.22. The Balaban J connectivity index is 2.03. The number of urea groups is 1. The molecule has 0 unspecified atom stereocenters. The fourth-order valence-corrected chi connectivity index (χ4v) is 4.09. The number of carbonyl (C=O) groups is 2. The minimum absolute atomic E-state index is 0.202. The van der Waals surface area contributed by atoms with E-state index < -0.39 is 12.0 Å². The fourth-order valence-electron chi connectivity index (χ4n) is 3.02. The molecular formula is C19H20N2O3S. The molecule has 1 atom stereocenters. The molecule has 5 nitrogen and oxygen atoms in total. The second-order valence-electron chi connectivity index (χ2n) is 5.69. The van der Waals surface area contributed by atoms with Crippen molar-refractivity contribution in [2.45, 2.75) is 19.9 Å². The van der Waals surface area contributed by atoms with Crippen molar-refractivity contribution in [1.82, 2.24) is 10.2 Å². The van der Waals surface area contributed by atoms with Gasteiger partial charge in [0.2, 0.25) is 0 Å². The van der Waals surface area contributed by atoms with Crippen LogP contribution in [-0.2, 0) is 9.53 Å². The maximum Gasteiger partial charge on any atom is 0.338 e. The van der Waals surface area contributed by atoms with Crippen LogP contribution in [-0.4, -0.2) is 30.6 Å². The molecule has 0 saturated carbocycles. The fraction of sp³-hybridized carbons (Fsp3) is 0.263. The van der Waals surface area contributed by atoms with E-state index in [0.717, 1.165) is 15.3 Å². The minimum Gasteiger partial charge on any atom is -0.466 e. The van der Waals surface area contributed by atoms with Crippen LogP contribution in [0.1, 0.15) is 24.8 Å². The van der Waals surface area contributed by atoms with E-state index in [1.807, 2.05) is 49.4 Å². The molecule has 1 aliphatic rings. The first-order valence-corrected chi connectivity index (χ1v) is 8.90. The number of thiophene rings is 1. The van der Waals surface area contributed by atoms with Gasteiger partial charge in [0.25, 0.3) is 0 Å². The zero-order valence-electron chi connectivity index (χ0n) is 14.4. The SMILES string of the molecule is CCN1C(=O)N[C@H](c2ccc(-c3ccccc3)s2)C(C(=O)OC)=C1C. The van der Waals surface area contributed by atoms with Crippen LogP contribution in [0.5, 0.6) is 0 Å². The number of amides is 2. The summed E-state index contributed by atoms with van der Waals surface area (Å²) < 4.78 is 4.96. The average Bonchev–Trinajstić information content (AvgIpc) is 3.12. The highest BCUT2D eigenvalue weighted by Gasteiger charge is 2.36. The number of esters is 1. The van der Waals surface area contributed by atoms with Crippen molar-refractivity contribution in [3.63, 3.8) is 0 Å². The van der Waals surface area contributed by atoms with Gasteiger partial charge < -0.3 is 10.1 Å².